The van der Waals surface area contributed by atoms with Crippen LogP contribution in [0, 0.1) is 5.82 Å². The smallest absolute Gasteiger partial charge is 0.309 e. The minimum absolute atomic E-state index is 0.00984. The molecule has 1 saturated heterocycles. The maximum atomic E-state index is 14.0. The highest BCUT2D eigenvalue weighted by molar-refractivity contribution is 7.89. The molecule has 2 heterocycles. The lowest BCUT2D eigenvalue weighted by atomic mass is 10.0. The molecule has 8 nitrogen and oxygen atoms in total. The molecule has 1 aliphatic heterocycles. The van der Waals surface area contributed by atoms with Crippen LogP contribution >= 0.6 is 0 Å². The average molecular weight is 490 g/mol. The molecule has 1 fully saturated rings. The molecule has 10 heteroatoms. The van der Waals surface area contributed by atoms with Crippen LogP contribution in [0.25, 0.3) is 10.9 Å². The highest BCUT2D eigenvalue weighted by Crippen LogP contribution is 2.34. The third-order valence-corrected chi connectivity index (χ3v) is 8.03. The van der Waals surface area contributed by atoms with Gasteiger partial charge >= 0.3 is 5.97 Å². The SMILES string of the molecule is CC(C)Oc1ccc(S(=O)(=O)N2CC[C@H](n3nc(CC(=O)O)c4ccc(F)cc43)C[C@@H]2C)cc1. The molecule has 3 aromatic rings. The van der Waals surface area contributed by atoms with Crippen molar-refractivity contribution in [2.75, 3.05) is 6.54 Å². The number of carbonyl (C=O) groups is 1. The number of carboxylic acids is 1. The fourth-order valence-corrected chi connectivity index (χ4v) is 6.19. The number of aliphatic carboxylic acids is 1. The fourth-order valence-electron chi connectivity index (χ4n) is 4.53. The van der Waals surface area contributed by atoms with E-state index < -0.39 is 21.8 Å². The van der Waals surface area contributed by atoms with Crippen LogP contribution in [0.2, 0.25) is 0 Å². The fraction of sp³-hybridized carbons (Fsp3) is 0.417. The van der Waals surface area contributed by atoms with Crippen molar-refractivity contribution < 1.29 is 27.4 Å². The van der Waals surface area contributed by atoms with E-state index in [1.807, 2.05) is 20.8 Å². The van der Waals surface area contributed by atoms with Gasteiger partial charge in [0.25, 0.3) is 0 Å². The van der Waals surface area contributed by atoms with Gasteiger partial charge in [-0.2, -0.15) is 9.40 Å². The Labute approximate surface area is 198 Å². The molecule has 2 atom stereocenters. The van der Waals surface area contributed by atoms with Crippen molar-refractivity contribution in [3.63, 3.8) is 0 Å². The quantitative estimate of drug-likeness (QED) is 0.538. The first-order valence-corrected chi connectivity index (χ1v) is 12.7. The number of benzene rings is 2. The Kier molecular flexibility index (Phi) is 6.64. The number of nitrogens with zero attached hydrogens (tertiary/aromatic N) is 3. The van der Waals surface area contributed by atoms with Crippen molar-refractivity contribution in [3.05, 3.63) is 54.0 Å². The van der Waals surface area contributed by atoms with Crippen LogP contribution in [0.15, 0.2) is 47.4 Å². The maximum Gasteiger partial charge on any atom is 0.309 e. The lowest BCUT2D eigenvalue weighted by molar-refractivity contribution is -0.136. The van der Waals surface area contributed by atoms with Gasteiger partial charge in [0.1, 0.15) is 11.6 Å². The third kappa shape index (κ3) is 4.78. The summed E-state index contributed by atoms with van der Waals surface area (Å²) in [5.74, 6) is -0.848. The van der Waals surface area contributed by atoms with Gasteiger partial charge in [-0.05, 0) is 76.1 Å². The van der Waals surface area contributed by atoms with Gasteiger partial charge in [0.2, 0.25) is 10.0 Å². The minimum atomic E-state index is -3.71. The molecule has 4 rings (SSSR count). The number of hydrogen-bond acceptors (Lipinski definition) is 5. The van der Waals surface area contributed by atoms with Gasteiger partial charge in [-0.3, -0.25) is 9.48 Å². The summed E-state index contributed by atoms with van der Waals surface area (Å²) >= 11 is 0. The van der Waals surface area contributed by atoms with Gasteiger partial charge in [0, 0.05) is 18.0 Å². The first-order chi connectivity index (χ1) is 16.1. The van der Waals surface area contributed by atoms with Gasteiger partial charge in [-0.15, -0.1) is 0 Å². The molecule has 0 unspecified atom stereocenters. The van der Waals surface area contributed by atoms with Crippen molar-refractivity contribution in [2.24, 2.45) is 0 Å². The van der Waals surface area contributed by atoms with E-state index in [-0.39, 0.29) is 36.0 Å². The maximum absolute atomic E-state index is 14.0. The summed E-state index contributed by atoms with van der Waals surface area (Å²) in [7, 11) is -3.71. The summed E-state index contributed by atoms with van der Waals surface area (Å²) in [6, 6.07) is 10.1. The molecule has 0 radical (unpaired) electrons. The van der Waals surface area contributed by atoms with Gasteiger partial charge in [0.15, 0.2) is 0 Å². The zero-order valence-corrected chi connectivity index (χ0v) is 20.1. The molecule has 0 saturated carbocycles. The molecule has 182 valence electrons. The van der Waals surface area contributed by atoms with Crippen molar-refractivity contribution >= 4 is 26.9 Å². The summed E-state index contributed by atoms with van der Waals surface area (Å²) in [5.41, 5.74) is 0.888. The number of rotatable bonds is 7. The van der Waals surface area contributed by atoms with Crippen LogP contribution in [0.3, 0.4) is 0 Å². The number of fused-ring (bicyclic) bond motifs is 1. The summed E-state index contributed by atoms with van der Waals surface area (Å²) in [5, 5.41) is 14.3. The van der Waals surface area contributed by atoms with Crippen molar-refractivity contribution in [3.8, 4) is 5.75 Å². The number of sulfonamides is 1. The monoisotopic (exact) mass is 489 g/mol. The Morgan fingerprint density at radius 1 is 1.24 bits per heavy atom. The summed E-state index contributed by atoms with van der Waals surface area (Å²) < 4.78 is 49.3. The van der Waals surface area contributed by atoms with Gasteiger partial charge in [0.05, 0.1) is 34.7 Å². The third-order valence-electron chi connectivity index (χ3n) is 6.00. The molecule has 0 aliphatic carbocycles. The number of aromatic nitrogens is 2. The molecule has 0 amide bonds. The minimum Gasteiger partial charge on any atom is -0.491 e. The molecule has 34 heavy (non-hydrogen) atoms. The predicted octanol–water partition coefficient (Wildman–Crippen LogP) is 4.00. The molecule has 0 bridgehead atoms. The van der Waals surface area contributed by atoms with Crippen LogP contribution in [0.1, 0.15) is 45.3 Å². The predicted molar refractivity (Wildman–Crippen MR) is 125 cm³/mol. The Balaban J connectivity index is 1.57. The Morgan fingerprint density at radius 2 is 1.94 bits per heavy atom. The van der Waals surface area contributed by atoms with E-state index in [1.54, 1.807) is 35.0 Å². The van der Waals surface area contributed by atoms with E-state index >= 15 is 0 Å². The first kappa shape index (κ1) is 24.2. The second-order valence-corrected chi connectivity index (χ2v) is 10.8. The number of piperidine rings is 1. The number of ether oxygens (including phenoxy) is 1. The molecule has 1 aromatic heterocycles. The molecular weight excluding hydrogens is 461 g/mol. The van der Waals surface area contributed by atoms with Crippen molar-refractivity contribution in [1.82, 2.24) is 14.1 Å². The van der Waals surface area contributed by atoms with Gasteiger partial charge < -0.3 is 9.84 Å². The standard InChI is InChI=1S/C24H28FN3O5S/c1-15(2)33-19-5-7-20(8-6-19)34(31,32)27-11-10-18(12-16(27)3)28-23-13-17(25)4-9-21(23)22(26-28)14-24(29)30/h4-9,13,15-16,18H,10-12,14H2,1-3H3,(H,29,30)/t16-,18-/m0/s1. The lowest BCUT2D eigenvalue weighted by Crippen LogP contribution is -2.45. The highest BCUT2D eigenvalue weighted by atomic mass is 32.2. The zero-order valence-electron chi connectivity index (χ0n) is 19.3. The second-order valence-electron chi connectivity index (χ2n) is 8.90. The van der Waals surface area contributed by atoms with E-state index in [4.69, 9.17) is 4.74 Å². The molecule has 0 spiro atoms. The average Bonchev–Trinajstić information content (AvgIpc) is 3.10. The topological polar surface area (TPSA) is 102 Å². The van der Waals surface area contributed by atoms with Crippen LogP contribution in [-0.2, 0) is 21.2 Å². The largest absolute Gasteiger partial charge is 0.491 e. The van der Waals surface area contributed by atoms with E-state index in [9.17, 15) is 22.7 Å². The number of hydrogen-bond donors (Lipinski definition) is 1. The van der Waals surface area contributed by atoms with E-state index in [0.29, 0.717) is 35.2 Å². The number of carboxylic acid groups (broad SMARTS) is 1. The molecule has 1 N–H and O–H groups in total. The van der Waals surface area contributed by atoms with Gasteiger partial charge in [-0.25, -0.2) is 12.8 Å². The van der Waals surface area contributed by atoms with Crippen LogP contribution in [-0.4, -0.2) is 52.3 Å². The second kappa shape index (κ2) is 9.34. The van der Waals surface area contributed by atoms with Crippen LogP contribution < -0.4 is 4.74 Å². The van der Waals surface area contributed by atoms with Crippen molar-refractivity contribution in [1.29, 1.82) is 0 Å². The van der Waals surface area contributed by atoms with E-state index in [1.165, 1.54) is 16.4 Å². The summed E-state index contributed by atoms with van der Waals surface area (Å²) in [6.45, 7) is 5.91. The first-order valence-electron chi connectivity index (χ1n) is 11.2. The van der Waals surface area contributed by atoms with E-state index in [0.717, 1.165) is 0 Å². The summed E-state index contributed by atoms with van der Waals surface area (Å²) in [6.07, 6.45) is 0.657. The van der Waals surface area contributed by atoms with Gasteiger partial charge in [-0.1, -0.05) is 0 Å². The Morgan fingerprint density at radius 3 is 2.56 bits per heavy atom. The molecule has 1 aliphatic rings. The van der Waals surface area contributed by atoms with E-state index in [2.05, 4.69) is 5.10 Å². The summed E-state index contributed by atoms with van der Waals surface area (Å²) in [4.78, 5) is 11.5. The molecule has 2 aromatic carbocycles. The Bertz CT molecular complexity index is 1300. The normalized spacial score (nSPS) is 19.6. The van der Waals surface area contributed by atoms with Crippen LogP contribution in [0.4, 0.5) is 4.39 Å². The van der Waals surface area contributed by atoms with Crippen molar-refractivity contribution in [2.45, 2.75) is 63.1 Å². The lowest BCUT2D eigenvalue weighted by Gasteiger charge is -2.37. The number of halogens is 1. The Hall–Kier alpha value is -2.98. The zero-order chi connectivity index (χ0) is 24.6. The molecular formula is C24H28FN3O5S. The highest BCUT2D eigenvalue weighted by Gasteiger charge is 2.36. The van der Waals surface area contributed by atoms with Crippen LogP contribution in [0.5, 0.6) is 5.75 Å².